The first-order valence-corrected chi connectivity index (χ1v) is 17.8. The molecule has 8 atom stereocenters. The summed E-state index contributed by atoms with van der Waals surface area (Å²) in [5.74, 6) is 1.08. The van der Waals surface area contributed by atoms with Crippen LogP contribution in [-0.4, -0.2) is 49.7 Å². The summed E-state index contributed by atoms with van der Waals surface area (Å²) in [5.41, 5.74) is 5.01. The Morgan fingerprint density at radius 2 is 1.02 bits per heavy atom. The molecule has 0 saturated heterocycles. The molecule has 6 rings (SSSR count). The first-order valence-electron chi connectivity index (χ1n) is 17.8. The second kappa shape index (κ2) is 13.6. The Labute approximate surface area is 303 Å². The molecule has 6 aliphatic carbocycles. The van der Waals surface area contributed by atoms with Gasteiger partial charge in [-0.3, -0.25) is 0 Å². The van der Waals surface area contributed by atoms with Crippen molar-refractivity contribution in [3.8, 4) is 0 Å². The molecule has 2 fully saturated rings. The van der Waals surface area contributed by atoms with E-state index in [1.54, 1.807) is 11.1 Å². The summed E-state index contributed by atoms with van der Waals surface area (Å²) in [4.78, 5) is 23.7. The van der Waals surface area contributed by atoms with Crippen molar-refractivity contribution in [1.29, 1.82) is 0 Å². The first-order chi connectivity index (χ1) is 20.6. The molecule has 0 amide bonds. The molecular formula is C40H58CaO4. The maximum absolute atomic E-state index is 11.8. The van der Waals surface area contributed by atoms with E-state index in [9.17, 15) is 19.8 Å². The van der Waals surface area contributed by atoms with Crippen LogP contribution in [0.2, 0.25) is 0 Å². The van der Waals surface area contributed by atoms with Gasteiger partial charge in [-0.25, -0.2) is 0 Å². The average molecular weight is 643 g/mol. The monoisotopic (exact) mass is 642 g/mol. The number of hydrogen-bond acceptors (Lipinski definition) is 4. The Hall–Kier alpha value is -0.840. The van der Waals surface area contributed by atoms with Crippen LogP contribution in [0, 0.1) is 57.2 Å². The summed E-state index contributed by atoms with van der Waals surface area (Å²) < 4.78 is 0. The van der Waals surface area contributed by atoms with Crippen molar-refractivity contribution in [1.82, 2.24) is 0 Å². The van der Waals surface area contributed by atoms with E-state index in [1.807, 2.05) is 13.8 Å². The van der Waals surface area contributed by atoms with Gasteiger partial charge in [0.2, 0.25) is 0 Å². The van der Waals surface area contributed by atoms with E-state index in [0.717, 1.165) is 51.4 Å². The molecular weight excluding hydrogens is 585 g/mol. The minimum atomic E-state index is -0.838. The zero-order valence-electron chi connectivity index (χ0n) is 29.6. The number of carbonyl (C=O) groups excluding carboxylic acids is 2. The molecule has 2 saturated carbocycles. The Kier molecular flexibility index (Phi) is 11.2. The van der Waals surface area contributed by atoms with Crippen molar-refractivity contribution < 1.29 is 19.8 Å². The third kappa shape index (κ3) is 6.37. The standard InChI is InChI=1S/2C20H30O2.Ca/c2*1-13(2)14-6-8-16-15(12-14)7-9-17-19(16,3)10-5-11-20(17,4)18(21)22;/h2*7,12-13,16-17H,5-6,8-11H2,1-4H3,(H,21,22);/q;;+2/p-2/t2*16-,17+,19+,20+;/m00./s1. The number of carboxylic acid groups (broad SMARTS) is 2. The van der Waals surface area contributed by atoms with Crippen LogP contribution < -0.4 is 10.2 Å². The molecule has 5 heteroatoms. The minimum absolute atomic E-state index is 0. The number of allylic oxidation sites excluding steroid dienone is 8. The van der Waals surface area contributed by atoms with E-state index in [-0.39, 0.29) is 60.4 Å². The number of hydrogen-bond donors (Lipinski definition) is 0. The van der Waals surface area contributed by atoms with E-state index in [1.165, 1.54) is 36.8 Å². The average Bonchev–Trinajstić information content (AvgIpc) is 2.96. The van der Waals surface area contributed by atoms with E-state index < -0.39 is 22.8 Å². The summed E-state index contributed by atoms with van der Waals surface area (Å²) >= 11 is 0. The van der Waals surface area contributed by atoms with Gasteiger partial charge in [0.25, 0.3) is 0 Å². The van der Waals surface area contributed by atoms with Crippen molar-refractivity contribution in [2.75, 3.05) is 0 Å². The zero-order valence-corrected chi connectivity index (χ0v) is 31.8. The van der Waals surface area contributed by atoms with Crippen LogP contribution in [0.15, 0.2) is 46.6 Å². The molecule has 0 aromatic rings. The maximum atomic E-state index is 11.8. The SMILES string of the molecule is CC(C)C1=CC2=CC[C@@H]3[C@](C)(CCC[C@@]3(C)C(=O)[O-])[C@H]2CC1.CC(C)C1=CC2=CC[C@@H]3[C@](C)(CCC[C@@]3(C)C(=O)[O-])[C@H]2CC1.[Ca+2]. The number of carbonyl (C=O) groups is 2. The molecule has 45 heavy (non-hydrogen) atoms. The molecule has 4 nitrogen and oxygen atoms in total. The minimum Gasteiger partial charge on any atom is -0.550 e. The normalized spacial score (nSPS) is 40.4. The fourth-order valence-electron chi connectivity index (χ4n) is 11.2. The summed E-state index contributed by atoms with van der Waals surface area (Å²) in [6, 6.07) is 0. The van der Waals surface area contributed by atoms with Gasteiger partial charge in [-0.15, -0.1) is 0 Å². The quantitative estimate of drug-likeness (QED) is 0.300. The van der Waals surface area contributed by atoms with Gasteiger partial charge in [-0.2, -0.15) is 0 Å². The van der Waals surface area contributed by atoms with Gasteiger partial charge in [0.15, 0.2) is 0 Å². The van der Waals surface area contributed by atoms with Gasteiger partial charge in [0.05, 0.1) is 0 Å². The van der Waals surface area contributed by atoms with Crippen LogP contribution in [0.25, 0.3) is 0 Å². The molecule has 6 aliphatic rings. The molecule has 0 aromatic heterocycles. The summed E-state index contributed by atoms with van der Waals surface area (Å²) in [7, 11) is 0. The predicted octanol–water partition coefficient (Wildman–Crippen LogP) is 7.36. The van der Waals surface area contributed by atoms with Crippen molar-refractivity contribution in [3.63, 3.8) is 0 Å². The second-order valence-corrected chi connectivity index (χ2v) is 17.0. The van der Waals surface area contributed by atoms with Gasteiger partial charge in [0, 0.05) is 22.8 Å². The molecule has 0 N–H and O–H groups in total. The smallest absolute Gasteiger partial charge is 0.550 e. The molecule has 0 bridgehead atoms. The fourth-order valence-corrected chi connectivity index (χ4v) is 11.2. The van der Waals surface area contributed by atoms with E-state index >= 15 is 0 Å². The number of carboxylic acids is 2. The Balaban J connectivity index is 0.000000200. The Morgan fingerprint density at radius 3 is 1.33 bits per heavy atom. The largest absolute Gasteiger partial charge is 2.00 e. The van der Waals surface area contributed by atoms with Crippen LogP contribution in [0.5, 0.6) is 0 Å². The van der Waals surface area contributed by atoms with Crippen molar-refractivity contribution in [2.24, 2.45) is 57.2 Å². The molecule has 0 aromatic carbocycles. The maximum Gasteiger partial charge on any atom is 2.00 e. The van der Waals surface area contributed by atoms with Crippen LogP contribution >= 0.6 is 0 Å². The predicted molar refractivity (Wildman–Crippen MR) is 180 cm³/mol. The molecule has 0 heterocycles. The summed E-state index contributed by atoms with van der Waals surface area (Å²) in [6.45, 7) is 17.7. The zero-order chi connectivity index (χ0) is 32.2. The Bertz CT molecular complexity index is 1190. The topological polar surface area (TPSA) is 80.3 Å². The molecule has 0 unspecified atom stereocenters. The van der Waals surface area contributed by atoms with E-state index in [0.29, 0.717) is 23.7 Å². The van der Waals surface area contributed by atoms with Gasteiger partial charge in [-0.05, 0) is 122 Å². The van der Waals surface area contributed by atoms with Crippen LogP contribution in [0.3, 0.4) is 0 Å². The molecule has 244 valence electrons. The van der Waals surface area contributed by atoms with Crippen molar-refractivity contribution in [2.45, 2.75) is 132 Å². The van der Waals surface area contributed by atoms with Crippen LogP contribution in [0.4, 0.5) is 0 Å². The number of rotatable bonds is 4. The first kappa shape index (κ1) is 37.0. The summed E-state index contributed by atoms with van der Waals surface area (Å²) in [5, 5.41) is 23.7. The van der Waals surface area contributed by atoms with Crippen molar-refractivity contribution >= 4 is 49.7 Å². The second-order valence-electron chi connectivity index (χ2n) is 17.0. The van der Waals surface area contributed by atoms with Crippen molar-refractivity contribution in [3.05, 3.63) is 46.6 Å². The summed E-state index contributed by atoms with van der Waals surface area (Å²) in [6.07, 6.45) is 21.9. The third-order valence-electron chi connectivity index (χ3n) is 14.1. The van der Waals surface area contributed by atoms with Gasteiger partial charge >= 0.3 is 37.7 Å². The fraction of sp³-hybridized carbons (Fsp3) is 0.750. The van der Waals surface area contributed by atoms with Gasteiger partial charge < -0.3 is 19.8 Å². The van der Waals surface area contributed by atoms with Gasteiger partial charge in [0.1, 0.15) is 0 Å². The molecule has 0 aliphatic heterocycles. The van der Waals surface area contributed by atoms with Gasteiger partial charge in [-0.1, -0.05) is 104 Å². The Morgan fingerprint density at radius 1 is 0.667 bits per heavy atom. The molecule has 0 spiro atoms. The number of aliphatic carboxylic acids is 2. The number of fused-ring (bicyclic) bond motifs is 6. The van der Waals surface area contributed by atoms with Crippen LogP contribution in [0.1, 0.15) is 132 Å². The van der Waals surface area contributed by atoms with E-state index in [2.05, 4.69) is 65.8 Å². The third-order valence-corrected chi connectivity index (χ3v) is 14.1. The molecule has 0 radical (unpaired) electrons. The van der Waals surface area contributed by atoms with E-state index in [4.69, 9.17) is 0 Å². The van der Waals surface area contributed by atoms with Crippen LogP contribution in [-0.2, 0) is 9.59 Å².